The Morgan fingerprint density at radius 3 is 2.23 bits per heavy atom. The number of methoxy groups -OCH3 is 1. The molecule has 0 aliphatic carbocycles. The van der Waals surface area contributed by atoms with Crippen LogP contribution in [0.4, 0.5) is 0 Å². The first-order chi connectivity index (χ1) is 12.8. The minimum Gasteiger partial charge on any atom is -0.493 e. The third-order valence-corrected chi connectivity index (χ3v) is 3.95. The summed E-state index contributed by atoms with van der Waals surface area (Å²) in [6.45, 7) is 0.893. The molecule has 1 amide bonds. The summed E-state index contributed by atoms with van der Waals surface area (Å²) in [5.41, 5.74) is 2.68. The zero-order valence-electron chi connectivity index (χ0n) is 14.6. The van der Waals surface area contributed by atoms with Gasteiger partial charge in [0, 0.05) is 12.1 Å². The number of hydrogen-bond donors (Lipinski definition) is 1. The van der Waals surface area contributed by atoms with Crippen LogP contribution in [0.2, 0.25) is 0 Å². The quantitative estimate of drug-likeness (QED) is 0.697. The second-order valence-corrected chi connectivity index (χ2v) is 5.81. The van der Waals surface area contributed by atoms with E-state index in [2.05, 4.69) is 5.32 Å². The van der Waals surface area contributed by atoms with Crippen LogP contribution in [0, 0.1) is 0 Å². The number of rotatable bonds is 7. The van der Waals surface area contributed by atoms with Gasteiger partial charge < -0.3 is 14.8 Å². The molecule has 0 bridgehead atoms. The zero-order valence-corrected chi connectivity index (χ0v) is 14.6. The molecular weight excluding hydrogens is 326 g/mol. The van der Waals surface area contributed by atoms with Gasteiger partial charge in [0.25, 0.3) is 5.91 Å². The monoisotopic (exact) mass is 347 g/mol. The molecule has 0 fully saturated rings. The molecule has 0 aromatic heterocycles. The molecule has 0 heterocycles. The topological polar surface area (TPSA) is 47.6 Å². The molecule has 26 heavy (non-hydrogen) atoms. The summed E-state index contributed by atoms with van der Waals surface area (Å²) in [5.74, 6) is 1.22. The van der Waals surface area contributed by atoms with Gasteiger partial charge in [-0.2, -0.15) is 0 Å². The van der Waals surface area contributed by atoms with Crippen molar-refractivity contribution in [2.75, 3.05) is 7.11 Å². The van der Waals surface area contributed by atoms with Crippen LogP contribution >= 0.6 is 0 Å². The predicted octanol–water partition coefficient (Wildman–Crippen LogP) is 4.20. The van der Waals surface area contributed by atoms with E-state index in [1.807, 2.05) is 66.7 Å². The minimum absolute atomic E-state index is 0.103. The van der Waals surface area contributed by atoms with Gasteiger partial charge in [0.1, 0.15) is 6.61 Å². The molecule has 3 aromatic carbocycles. The number of amides is 1. The highest BCUT2D eigenvalue weighted by Gasteiger charge is 2.08. The SMILES string of the molecule is COc1cc(CNC(=O)c2ccccc2)ccc1OCc1ccccc1. The molecule has 0 saturated heterocycles. The number of benzene rings is 3. The second kappa shape index (κ2) is 8.72. The van der Waals surface area contributed by atoms with E-state index in [0.717, 1.165) is 11.1 Å². The highest BCUT2D eigenvalue weighted by atomic mass is 16.5. The van der Waals surface area contributed by atoms with Crippen molar-refractivity contribution in [2.45, 2.75) is 13.2 Å². The van der Waals surface area contributed by atoms with E-state index < -0.39 is 0 Å². The molecule has 0 spiro atoms. The molecule has 1 N–H and O–H groups in total. The summed E-state index contributed by atoms with van der Waals surface area (Å²) < 4.78 is 11.3. The predicted molar refractivity (Wildman–Crippen MR) is 101 cm³/mol. The van der Waals surface area contributed by atoms with Gasteiger partial charge in [-0.05, 0) is 35.4 Å². The van der Waals surface area contributed by atoms with Gasteiger partial charge in [0.05, 0.1) is 7.11 Å². The number of carbonyl (C=O) groups is 1. The van der Waals surface area contributed by atoms with Crippen molar-refractivity contribution >= 4 is 5.91 Å². The highest BCUT2D eigenvalue weighted by Crippen LogP contribution is 2.28. The summed E-state index contributed by atoms with van der Waals surface area (Å²) in [6.07, 6.45) is 0. The van der Waals surface area contributed by atoms with Crippen LogP contribution in [0.5, 0.6) is 11.5 Å². The molecule has 0 aliphatic heterocycles. The van der Waals surface area contributed by atoms with E-state index in [-0.39, 0.29) is 5.91 Å². The molecule has 132 valence electrons. The minimum atomic E-state index is -0.103. The van der Waals surface area contributed by atoms with Crippen LogP contribution in [-0.2, 0) is 13.2 Å². The second-order valence-electron chi connectivity index (χ2n) is 5.81. The lowest BCUT2D eigenvalue weighted by molar-refractivity contribution is 0.0951. The molecule has 3 aromatic rings. The van der Waals surface area contributed by atoms with Crippen molar-refractivity contribution in [3.05, 3.63) is 95.6 Å². The first-order valence-corrected chi connectivity index (χ1v) is 8.43. The Labute approximate surface area is 153 Å². The molecule has 0 aliphatic rings. The molecule has 0 unspecified atom stereocenters. The Hall–Kier alpha value is -3.27. The van der Waals surface area contributed by atoms with Crippen molar-refractivity contribution in [3.63, 3.8) is 0 Å². The average Bonchev–Trinajstić information content (AvgIpc) is 2.72. The Morgan fingerprint density at radius 2 is 1.54 bits per heavy atom. The molecule has 3 rings (SSSR count). The fraction of sp³-hybridized carbons (Fsp3) is 0.136. The van der Waals surface area contributed by atoms with E-state index in [0.29, 0.717) is 30.2 Å². The van der Waals surface area contributed by atoms with Gasteiger partial charge in [0.2, 0.25) is 0 Å². The Morgan fingerprint density at radius 1 is 0.846 bits per heavy atom. The Kier molecular flexibility index (Phi) is 5.88. The summed E-state index contributed by atoms with van der Waals surface area (Å²) in [5, 5.41) is 2.91. The Balaban J connectivity index is 1.62. The van der Waals surface area contributed by atoms with Gasteiger partial charge in [-0.25, -0.2) is 0 Å². The van der Waals surface area contributed by atoms with E-state index >= 15 is 0 Å². The van der Waals surface area contributed by atoms with Crippen LogP contribution < -0.4 is 14.8 Å². The number of nitrogens with one attached hydrogen (secondary N) is 1. The van der Waals surface area contributed by atoms with Crippen molar-refractivity contribution in [3.8, 4) is 11.5 Å². The number of ether oxygens (including phenoxy) is 2. The van der Waals surface area contributed by atoms with Crippen LogP contribution in [0.1, 0.15) is 21.5 Å². The number of carbonyl (C=O) groups excluding carboxylic acids is 1. The van der Waals surface area contributed by atoms with E-state index in [1.165, 1.54) is 0 Å². The Bertz CT molecular complexity index is 848. The molecule has 4 nitrogen and oxygen atoms in total. The third-order valence-electron chi connectivity index (χ3n) is 3.95. The summed E-state index contributed by atoms with van der Waals surface area (Å²) in [6, 6.07) is 24.8. The average molecular weight is 347 g/mol. The highest BCUT2D eigenvalue weighted by molar-refractivity contribution is 5.94. The van der Waals surface area contributed by atoms with Crippen molar-refractivity contribution in [1.82, 2.24) is 5.32 Å². The van der Waals surface area contributed by atoms with Gasteiger partial charge >= 0.3 is 0 Å². The van der Waals surface area contributed by atoms with Crippen molar-refractivity contribution in [1.29, 1.82) is 0 Å². The van der Waals surface area contributed by atoms with Crippen LogP contribution in [0.3, 0.4) is 0 Å². The maximum absolute atomic E-state index is 12.1. The molecular formula is C22H21NO3. The molecule has 0 saturated carbocycles. The maximum Gasteiger partial charge on any atom is 0.251 e. The summed E-state index contributed by atoms with van der Waals surface area (Å²) in [7, 11) is 1.61. The first-order valence-electron chi connectivity index (χ1n) is 8.43. The third kappa shape index (κ3) is 4.63. The molecule has 0 atom stereocenters. The van der Waals surface area contributed by atoms with E-state index in [4.69, 9.17) is 9.47 Å². The van der Waals surface area contributed by atoms with Gasteiger partial charge in [-0.15, -0.1) is 0 Å². The molecule has 0 radical (unpaired) electrons. The normalized spacial score (nSPS) is 10.2. The van der Waals surface area contributed by atoms with Gasteiger partial charge in [0.15, 0.2) is 11.5 Å². The van der Waals surface area contributed by atoms with Crippen LogP contribution in [0.15, 0.2) is 78.9 Å². The smallest absolute Gasteiger partial charge is 0.251 e. The largest absolute Gasteiger partial charge is 0.493 e. The standard InChI is InChI=1S/C22H21NO3/c1-25-21-14-18(15-23-22(24)19-10-6-3-7-11-19)12-13-20(21)26-16-17-8-4-2-5-9-17/h2-14H,15-16H2,1H3,(H,23,24). The maximum atomic E-state index is 12.1. The van der Waals surface area contributed by atoms with Crippen LogP contribution in [-0.4, -0.2) is 13.0 Å². The van der Waals surface area contributed by atoms with Gasteiger partial charge in [-0.1, -0.05) is 54.6 Å². The fourth-order valence-corrected chi connectivity index (χ4v) is 2.55. The van der Waals surface area contributed by atoms with Crippen molar-refractivity contribution < 1.29 is 14.3 Å². The lowest BCUT2D eigenvalue weighted by atomic mass is 10.1. The summed E-state index contributed by atoms with van der Waals surface area (Å²) in [4.78, 5) is 12.1. The lowest BCUT2D eigenvalue weighted by Crippen LogP contribution is -2.22. The van der Waals surface area contributed by atoms with Crippen LogP contribution in [0.25, 0.3) is 0 Å². The lowest BCUT2D eigenvalue weighted by Gasteiger charge is -2.13. The number of hydrogen-bond acceptors (Lipinski definition) is 3. The fourth-order valence-electron chi connectivity index (χ4n) is 2.55. The molecule has 4 heteroatoms. The zero-order chi connectivity index (χ0) is 18.2. The summed E-state index contributed by atoms with van der Waals surface area (Å²) >= 11 is 0. The van der Waals surface area contributed by atoms with E-state index in [9.17, 15) is 4.79 Å². The van der Waals surface area contributed by atoms with E-state index in [1.54, 1.807) is 19.2 Å². The van der Waals surface area contributed by atoms with Gasteiger partial charge in [-0.3, -0.25) is 4.79 Å². The first kappa shape index (κ1) is 17.5. The van der Waals surface area contributed by atoms with Crippen molar-refractivity contribution in [2.24, 2.45) is 0 Å².